The topological polar surface area (TPSA) is 78.3 Å². The predicted molar refractivity (Wildman–Crippen MR) is 113 cm³/mol. The van der Waals surface area contributed by atoms with Gasteiger partial charge in [0.1, 0.15) is 17.3 Å². The number of nitrogens with one attached hydrogen (secondary N) is 1. The van der Waals surface area contributed by atoms with Crippen LogP contribution in [0.4, 0.5) is 5.82 Å². The lowest BCUT2D eigenvalue weighted by Gasteiger charge is -2.08. The molecule has 7 nitrogen and oxygen atoms in total. The monoisotopic (exact) mass is 408 g/mol. The molecule has 0 unspecified atom stereocenters. The van der Waals surface area contributed by atoms with E-state index in [9.17, 15) is 4.79 Å². The number of hydrogen-bond acceptors (Lipinski definition) is 6. The zero-order valence-electron chi connectivity index (χ0n) is 16.3. The minimum atomic E-state index is -0.268. The number of aromatic nitrogens is 3. The first-order chi connectivity index (χ1) is 14.0. The zero-order chi connectivity index (χ0) is 20.4. The number of carbonyl (C=O) groups is 1. The highest BCUT2D eigenvalue weighted by molar-refractivity contribution is 7.20. The van der Waals surface area contributed by atoms with Crippen LogP contribution in [0.1, 0.15) is 11.3 Å². The molecule has 0 aliphatic heterocycles. The van der Waals surface area contributed by atoms with Gasteiger partial charge in [0, 0.05) is 12.1 Å². The summed E-state index contributed by atoms with van der Waals surface area (Å²) < 4.78 is 13.5. The first kappa shape index (κ1) is 18.9. The number of aryl methyl sites for hydroxylation is 2. The average Bonchev–Trinajstić information content (AvgIpc) is 3.28. The number of fused-ring (bicyclic) bond motifs is 1. The van der Waals surface area contributed by atoms with E-state index < -0.39 is 0 Å². The molecule has 0 atom stereocenters. The Kier molecular flexibility index (Phi) is 5.18. The molecule has 0 spiro atoms. The van der Waals surface area contributed by atoms with Gasteiger partial charge >= 0.3 is 0 Å². The van der Waals surface area contributed by atoms with Crippen molar-refractivity contribution in [2.75, 3.05) is 19.0 Å². The quantitative estimate of drug-likeness (QED) is 0.519. The van der Waals surface area contributed by atoms with Crippen molar-refractivity contribution in [2.45, 2.75) is 13.8 Å². The van der Waals surface area contributed by atoms with E-state index in [2.05, 4.69) is 15.4 Å². The largest absolute Gasteiger partial charge is 0.497 e. The SMILES string of the molecule is COc1ccc2sc(-n3nc(C)cc3NC(=O)COc3cccc(C)c3)nc2c1. The van der Waals surface area contributed by atoms with E-state index in [1.54, 1.807) is 17.9 Å². The Bertz CT molecular complexity index is 1180. The van der Waals surface area contributed by atoms with Gasteiger partial charge in [0.25, 0.3) is 5.91 Å². The summed E-state index contributed by atoms with van der Waals surface area (Å²) in [6, 6.07) is 15.1. The van der Waals surface area contributed by atoms with E-state index in [0.717, 1.165) is 27.2 Å². The summed E-state index contributed by atoms with van der Waals surface area (Å²) in [5.74, 6) is 1.68. The number of hydrogen-bond donors (Lipinski definition) is 1. The van der Waals surface area contributed by atoms with Gasteiger partial charge in [-0.3, -0.25) is 4.79 Å². The maximum Gasteiger partial charge on any atom is 0.263 e. The Balaban J connectivity index is 1.53. The number of anilines is 1. The highest BCUT2D eigenvalue weighted by atomic mass is 32.1. The number of thiazole rings is 1. The molecular formula is C21H20N4O3S. The van der Waals surface area contributed by atoms with Gasteiger partial charge in [-0.2, -0.15) is 9.78 Å². The molecule has 2 heterocycles. The first-order valence-electron chi connectivity index (χ1n) is 9.03. The number of carbonyl (C=O) groups excluding carboxylic acids is 1. The molecule has 0 aliphatic rings. The van der Waals surface area contributed by atoms with Crippen molar-refractivity contribution >= 4 is 33.3 Å². The maximum atomic E-state index is 12.4. The average molecular weight is 408 g/mol. The van der Waals surface area contributed by atoms with Gasteiger partial charge in [-0.05, 0) is 43.7 Å². The third kappa shape index (κ3) is 4.22. The molecule has 0 radical (unpaired) electrons. The molecule has 0 bridgehead atoms. The van der Waals surface area contributed by atoms with Crippen LogP contribution in [-0.2, 0) is 4.79 Å². The number of amides is 1. The molecule has 0 fully saturated rings. The molecule has 148 valence electrons. The van der Waals surface area contributed by atoms with E-state index in [0.29, 0.717) is 16.7 Å². The standard InChI is InChI=1S/C21H20N4O3S/c1-13-5-4-6-16(9-13)28-12-20(26)23-19-10-14(2)24-25(19)21-22-17-11-15(27-3)7-8-18(17)29-21/h4-11H,12H2,1-3H3,(H,23,26). The van der Waals surface area contributed by atoms with E-state index >= 15 is 0 Å². The van der Waals surface area contributed by atoms with Crippen LogP contribution in [-0.4, -0.2) is 34.4 Å². The Morgan fingerprint density at radius 1 is 1.14 bits per heavy atom. The number of benzene rings is 2. The molecule has 4 aromatic rings. The first-order valence-corrected chi connectivity index (χ1v) is 9.84. The van der Waals surface area contributed by atoms with Crippen molar-refractivity contribution in [3.8, 4) is 16.6 Å². The second kappa shape index (κ2) is 7.92. The van der Waals surface area contributed by atoms with Gasteiger partial charge < -0.3 is 14.8 Å². The summed E-state index contributed by atoms with van der Waals surface area (Å²) in [7, 11) is 1.62. The van der Waals surface area contributed by atoms with Gasteiger partial charge in [0.15, 0.2) is 6.61 Å². The van der Waals surface area contributed by atoms with Gasteiger partial charge in [-0.1, -0.05) is 23.5 Å². The van der Waals surface area contributed by atoms with Crippen LogP contribution >= 0.6 is 11.3 Å². The van der Waals surface area contributed by atoms with Crippen LogP contribution in [0.15, 0.2) is 48.5 Å². The van der Waals surface area contributed by atoms with Crippen LogP contribution in [0.25, 0.3) is 15.3 Å². The molecule has 0 aliphatic carbocycles. The second-order valence-corrected chi connectivity index (χ2v) is 7.58. The van der Waals surface area contributed by atoms with E-state index in [-0.39, 0.29) is 12.5 Å². The molecule has 8 heteroatoms. The van der Waals surface area contributed by atoms with E-state index in [4.69, 9.17) is 9.47 Å². The minimum Gasteiger partial charge on any atom is -0.497 e. The van der Waals surface area contributed by atoms with Gasteiger partial charge in [-0.25, -0.2) is 4.98 Å². The fraction of sp³-hybridized carbons (Fsp3) is 0.190. The highest BCUT2D eigenvalue weighted by Crippen LogP contribution is 2.29. The highest BCUT2D eigenvalue weighted by Gasteiger charge is 2.15. The molecule has 2 aromatic carbocycles. The molecule has 1 amide bonds. The summed E-state index contributed by atoms with van der Waals surface area (Å²) in [4.78, 5) is 17.0. The molecule has 0 saturated carbocycles. The lowest BCUT2D eigenvalue weighted by molar-refractivity contribution is -0.118. The van der Waals surface area contributed by atoms with Crippen LogP contribution in [0.3, 0.4) is 0 Å². The van der Waals surface area contributed by atoms with Crippen LogP contribution in [0.2, 0.25) is 0 Å². The van der Waals surface area contributed by atoms with Crippen molar-refractivity contribution in [2.24, 2.45) is 0 Å². The third-order valence-electron chi connectivity index (χ3n) is 4.22. The number of nitrogens with zero attached hydrogens (tertiary/aromatic N) is 3. The molecular weight excluding hydrogens is 388 g/mol. The van der Waals surface area contributed by atoms with Crippen molar-refractivity contribution < 1.29 is 14.3 Å². The van der Waals surface area contributed by atoms with E-state index in [1.165, 1.54) is 11.3 Å². The molecule has 4 rings (SSSR count). The second-order valence-electron chi connectivity index (χ2n) is 6.57. The molecule has 1 N–H and O–H groups in total. The summed E-state index contributed by atoms with van der Waals surface area (Å²) in [6.07, 6.45) is 0. The van der Waals surface area contributed by atoms with E-state index in [1.807, 2.05) is 56.3 Å². The van der Waals surface area contributed by atoms with Crippen molar-refractivity contribution in [3.05, 3.63) is 59.8 Å². The summed E-state index contributed by atoms with van der Waals surface area (Å²) >= 11 is 1.49. The van der Waals surface area contributed by atoms with Crippen LogP contribution in [0, 0.1) is 13.8 Å². The van der Waals surface area contributed by atoms with Crippen molar-refractivity contribution in [1.82, 2.24) is 14.8 Å². The minimum absolute atomic E-state index is 0.0925. The summed E-state index contributed by atoms with van der Waals surface area (Å²) in [5, 5.41) is 8.00. The smallest absolute Gasteiger partial charge is 0.263 e. The summed E-state index contributed by atoms with van der Waals surface area (Å²) in [5.41, 5.74) is 2.67. The Morgan fingerprint density at radius 3 is 2.79 bits per heavy atom. The van der Waals surface area contributed by atoms with Crippen molar-refractivity contribution in [1.29, 1.82) is 0 Å². The third-order valence-corrected chi connectivity index (χ3v) is 5.24. The van der Waals surface area contributed by atoms with Gasteiger partial charge in [0.05, 0.1) is 23.0 Å². The molecule has 0 saturated heterocycles. The zero-order valence-corrected chi connectivity index (χ0v) is 17.1. The predicted octanol–water partition coefficient (Wildman–Crippen LogP) is 4.12. The Labute approximate surface area is 171 Å². The molecule has 2 aromatic heterocycles. The Hall–Kier alpha value is -3.39. The van der Waals surface area contributed by atoms with Crippen LogP contribution < -0.4 is 14.8 Å². The number of methoxy groups -OCH3 is 1. The van der Waals surface area contributed by atoms with Crippen LogP contribution in [0.5, 0.6) is 11.5 Å². The normalized spacial score (nSPS) is 10.9. The lowest BCUT2D eigenvalue weighted by atomic mass is 10.2. The number of ether oxygens (including phenoxy) is 2. The van der Waals surface area contributed by atoms with Gasteiger partial charge in [-0.15, -0.1) is 0 Å². The van der Waals surface area contributed by atoms with Gasteiger partial charge in [0.2, 0.25) is 5.13 Å². The summed E-state index contributed by atoms with van der Waals surface area (Å²) in [6.45, 7) is 3.75. The fourth-order valence-electron chi connectivity index (χ4n) is 2.88. The number of rotatable bonds is 6. The molecule has 29 heavy (non-hydrogen) atoms. The Morgan fingerprint density at radius 2 is 2.00 bits per heavy atom. The fourth-order valence-corrected chi connectivity index (χ4v) is 3.79. The lowest BCUT2D eigenvalue weighted by Crippen LogP contribution is -2.21. The maximum absolute atomic E-state index is 12.4. The van der Waals surface area contributed by atoms with Crippen molar-refractivity contribution in [3.63, 3.8) is 0 Å².